The number of nitrogens with two attached hydrogens (primary N) is 1. The van der Waals surface area contributed by atoms with E-state index in [0.717, 1.165) is 18.9 Å². The van der Waals surface area contributed by atoms with Crippen LogP contribution in [0.25, 0.3) is 0 Å². The van der Waals surface area contributed by atoms with Gasteiger partial charge in [0.05, 0.1) is 5.56 Å². The molecule has 0 aromatic carbocycles. The maximum Gasteiger partial charge on any atom is 0.419 e. The van der Waals surface area contributed by atoms with Gasteiger partial charge in [-0.15, -0.1) is 0 Å². The first-order chi connectivity index (χ1) is 8.97. The summed E-state index contributed by atoms with van der Waals surface area (Å²) in [5.74, 6) is 0.926. The van der Waals surface area contributed by atoms with Gasteiger partial charge in [-0.2, -0.15) is 13.2 Å². The van der Waals surface area contributed by atoms with Crippen molar-refractivity contribution < 1.29 is 13.2 Å². The highest BCUT2D eigenvalue weighted by molar-refractivity contribution is 5.49. The van der Waals surface area contributed by atoms with E-state index in [9.17, 15) is 13.2 Å². The van der Waals surface area contributed by atoms with Crippen molar-refractivity contribution in [1.82, 2.24) is 4.98 Å². The van der Waals surface area contributed by atoms with Crippen molar-refractivity contribution in [3.05, 3.63) is 23.9 Å². The largest absolute Gasteiger partial charge is 0.419 e. The SMILES string of the molecule is N[C@@H]1CN(c2ncccc2C(F)(F)F)C[C@H]1C1CC1. The van der Waals surface area contributed by atoms with Crippen LogP contribution in [0.15, 0.2) is 18.3 Å². The highest BCUT2D eigenvalue weighted by Crippen LogP contribution is 2.43. The number of halogens is 3. The summed E-state index contributed by atoms with van der Waals surface area (Å²) in [6.45, 7) is 1.05. The molecule has 0 unspecified atom stereocenters. The number of pyridine rings is 1. The van der Waals surface area contributed by atoms with E-state index in [1.54, 1.807) is 4.90 Å². The molecule has 0 amide bonds. The third-order valence-corrected chi connectivity index (χ3v) is 4.03. The fourth-order valence-corrected chi connectivity index (χ4v) is 2.92. The van der Waals surface area contributed by atoms with Gasteiger partial charge in [0.15, 0.2) is 0 Å². The Morgan fingerprint density at radius 2 is 2.00 bits per heavy atom. The second-order valence-electron chi connectivity index (χ2n) is 5.44. The number of hydrogen-bond acceptors (Lipinski definition) is 3. The van der Waals surface area contributed by atoms with Gasteiger partial charge in [-0.25, -0.2) is 4.98 Å². The van der Waals surface area contributed by atoms with Crippen molar-refractivity contribution in [1.29, 1.82) is 0 Å². The minimum Gasteiger partial charge on any atom is -0.354 e. The summed E-state index contributed by atoms with van der Waals surface area (Å²) >= 11 is 0. The number of hydrogen-bond donors (Lipinski definition) is 1. The maximum atomic E-state index is 13.0. The van der Waals surface area contributed by atoms with Crippen LogP contribution in [-0.2, 0) is 6.18 Å². The molecule has 1 saturated carbocycles. The van der Waals surface area contributed by atoms with E-state index in [1.807, 2.05) is 0 Å². The molecule has 2 heterocycles. The first kappa shape index (κ1) is 12.7. The van der Waals surface area contributed by atoms with Crippen LogP contribution < -0.4 is 10.6 Å². The molecule has 1 aromatic heterocycles. The van der Waals surface area contributed by atoms with Gasteiger partial charge in [-0.3, -0.25) is 0 Å². The molecule has 1 saturated heterocycles. The lowest BCUT2D eigenvalue weighted by Crippen LogP contribution is -2.31. The van der Waals surface area contributed by atoms with E-state index in [1.165, 1.54) is 12.3 Å². The molecule has 0 radical (unpaired) electrons. The first-order valence-corrected chi connectivity index (χ1v) is 6.49. The van der Waals surface area contributed by atoms with Gasteiger partial charge in [-0.1, -0.05) is 0 Å². The van der Waals surface area contributed by atoms with E-state index >= 15 is 0 Å². The van der Waals surface area contributed by atoms with Crippen molar-refractivity contribution in [2.75, 3.05) is 18.0 Å². The smallest absolute Gasteiger partial charge is 0.354 e. The second kappa shape index (κ2) is 4.37. The molecule has 2 aliphatic rings. The van der Waals surface area contributed by atoms with Gasteiger partial charge >= 0.3 is 6.18 Å². The van der Waals surface area contributed by atoms with Crippen molar-refractivity contribution >= 4 is 5.82 Å². The molecule has 0 spiro atoms. The van der Waals surface area contributed by atoms with Crippen LogP contribution in [0.4, 0.5) is 19.0 Å². The normalized spacial score (nSPS) is 27.9. The molecule has 2 N–H and O–H groups in total. The van der Waals surface area contributed by atoms with Gasteiger partial charge in [0.25, 0.3) is 0 Å². The molecule has 3 nitrogen and oxygen atoms in total. The standard InChI is InChI=1S/C13H16F3N3/c14-13(15,16)10-2-1-5-18-12(10)19-6-9(8-3-4-8)11(17)7-19/h1-2,5,8-9,11H,3-4,6-7,17H2/t9-,11+/m0/s1. The number of alkyl halides is 3. The Hall–Kier alpha value is -1.30. The topological polar surface area (TPSA) is 42.1 Å². The fraction of sp³-hybridized carbons (Fsp3) is 0.615. The molecule has 104 valence electrons. The zero-order valence-corrected chi connectivity index (χ0v) is 10.4. The zero-order valence-electron chi connectivity index (χ0n) is 10.4. The molecular formula is C13H16F3N3. The predicted octanol–water partition coefficient (Wildman–Crippen LogP) is 2.27. The van der Waals surface area contributed by atoms with Crippen LogP contribution in [0.2, 0.25) is 0 Å². The molecule has 6 heteroatoms. The van der Waals surface area contributed by atoms with Gasteiger partial charge in [0.2, 0.25) is 0 Å². The van der Waals surface area contributed by atoms with Crippen LogP contribution in [0, 0.1) is 11.8 Å². The third kappa shape index (κ3) is 2.41. The number of anilines is 1. The molecule has 2 fully saturated rings. The van der Waals surface area contributed by atoms with Crippen molar-refractivity contribution in [3.8, 4) is 0 Å². The summed E-state index contributed by atoms with van der Waals surface area (Å²) in [4.78, 5) is 5.62. The van der Waals surface area contributed by atoms with E-state index in [4.69, 9.17) is 5.73 Å². The second-order valence-corrected chi connectivity index (χ2v) is 5.44. The van der Waals surface area contributed by atoms with E-state index < -0.39 is 11.7 Å². The Labute approximate surface area is 109 Å². The predicted molar refractivity (Wildman–Crippen MR) is 65.6 cm³/mol. The quantitative estimate of drug-likeness (QED) is 0.897. The Balaban J connectivity index is 1.87. The summed E-state index contributed by atoms with van der Waals surface area (Å²) in [5, 5.41) is 0. The molecule has 0 bridgehead atoms. The van der Waals surface area contributed by atoms with E-state index in [2.05, 4.69) is 4.98 Å². The average Bonchev–Trinajstić information content (AvgIpc) is 3.12. The van der Waals surface area contributed by atoms with Gasteiger partial charge in [0, 0.05) is 25.3 Å². The minimum absolute atomic E-state index is 0.0219. The fourth-order valence-electron chi connectivity index (χ4n) is 2.92. The number of rotatable bonds is 2. The Morgan fingerprint density at radius 1 is 1.26 bits per heavy atom. The Bertz CT molecular complexity index is 470. The van der Waals surface area contributed by atoms with Gasteiger partial charge < -0.3 is 10.6 Å². The molecular weight excluding hydrogens is 255 g/mol. The highest BCUT2D eigenvalue weighted by atomic mass is 19.4. The van der Waals surface area contributed by atoms with E-state index in [-0.39, 0.29) is 11.9 Å². The molecule has 1 aromatic rings. The summed E-state index contributed by atoms with van der Waals surface area (Å²) in [5.41, 5.74) is 5.39. The molecule has 3 rings (SSSR count). The third-order valence-electron chi connectivity index (χ3n) is 4.03. The molecule has 1 aliphatic carbocycles. The molecule has 19 heavy (non-hydrogen) atoms. The zero-order chi connectivity index (χ0) is 13.6. The summed E-state index contributed by atoms with van der Waals surface area (Å²) in [7, 11) is 0. The van der Waals surface area contributed by atoms with Crippen LogP contribution in [0.1, 0.15) is 18.4 Å². The summed E-state index contributed by atoms with van der Waals surface area (Å²) < 4.78 is 38.9. The van der Waals surface area contributed by atoms with Gasteiger partial charge in [-0.05, 0) is 36.8 Å². The number of aromatic nitrogens is 1. The van der Waals surface area contributed by atoms with Crippen molar-refractivity contribution in [2.45, 2.75) is 25.1 Å². The lowest BCUT2D eigenvalue weighted by molar-refractivity contribution is -0.137. The average molecular weight is 271 g/mol. The maximum absolute atomic E-state index is 13.0. The minimum atomic E-state index is -4.37. The van der Waals surface area contributed by atoms with Crippen molar-refractivity contribution in [2.24, 2.45) is 17.6 Å². The Kier molecular flexibility index (Phi) is 2.92. The monoisotopic (exact) mass is 271 g/mol. The van der Waals surface area contributed by atoms with Crippen LogP contribution in [0.5, 0.6) is 0 Å². The van der Waals surface area contributed by atoms with Crippen LogP contribution in [-0.4, -0.2) is 24.1 Å². The van der Waals surface area contributed by atoms with Crippen molar-refractivity contribution in [3.63, 3.8) is 0 Å². The summed E-state index contributed by atoms with van der Waals surface area (Å²) in [6, 6.07) is 2.36. The number of nitrogens with zero attached hydrogens (tertiary/aromatic N) is 2. The van der Waals surface area contributed by atoms with Crippen LogP contribution >= 0.6 is 0 Å². The lowest BCUT2D eigenvalue weighted by atomic mass is 9.99. The lowest BCUT2D eigenvalue weighted by Gasteiger charge is -2.21. The highest BCUT2D eigenvalue weighted by Gasteiger charge is 2.43. The van der Waals surface area contributed by atoms with E-state index in [0.29, 0.717) is 24.9 Å². The molecule has 2 atom stereocenters. The van der Waals surface area contributed by atoms with Crippen LogP contribution in [0.3, 0.4) is 0 Å². The van der Waals surface area contributed by atoms with Gasteiger partial charge in [0.1, 0.15) is 5.82 Å². The summed E-state index contributed by atoms with van der Waals surface area (Å²) in [6.07, 6.45) is -0.660. The first-order valence-electron chi connectivity index (χ1n) is 6.49. The molecule has 1 aliphatic heterocycles. The Morgan fingerprint density at radius 3 is 2.63 bits per heavy atom.